The van der Waals surface area contributed by atoms with Crippen LogP contribution in [0.3, 0.4) is 0 Å². The molecule has 1 amide bonds. The average molecular weight is 254 g/mol. The third-order valence-corrected chi connectivity index (χ3v) is 4.36. The number of nitrogens with zero attached hydrogens (tertiary/aromatic N) is 1. The lowest BCUT2D eigenvalue weighted by atomic mass is 9.81. The zero-order valence-corrected chi connectivity index (χ0v) is 11.6. The second-order valence-electron chi connectivity index (χ2n) is 6.22. The molecule has 18 heavy (non-hydrogen) atoms. The van der Waals surface area contributed by atoms with Crippen LogP contribution in [0.25, 0.3) is 0 Å². The molecule has 4 nitrogen and oxygen atoms in total. The molecule has 0 aromatic carbocycles. The highest BCUT2D eigenvalue weighted by atomic mass is 16.3. The minimum absolute atomic E-state index is 0.237. The summed E-state index contributed by atoms with van der Waals surface area (Å²) in [5.74, 6) is 0.290. The van der Waals surface area contributed by atoms with Gasteiger partial charge >= 0.3 is 0 Å². The number of likely N-dealkylation sites (tertiary alicyclic amines) is 1. The van der Waals surface area contributed by atoms with Crippen molar-refractivity contribution >= 4 is 5.91 Å². The van der Waals surface area contributed by atoms with Gasteiger partial charge < -0.3 is 15.3 Å². The quantitative estimate of drug-likeness (QED) is 0.794. The molecule has 4 heteroatoms. The molecule has 104 valence electrons. The van der Waals surface area contributed by atoms with E-state index in [1.165, 1.54) is 0 Å². The summed E-state index contributed by atoms with van der Waals surface area (Å²) in [4.78, 5) is 14.7. The van der Waals surface area contributed by atoms with Crippen molar-refractivity contribution in [2.45, 2.75) is 58.1 Å². The van der Waals surface area contributed by atoms with E-state index >= 15 is 0 Å². The summed E-state index contributed by atoms with van der Waals surface area (Å²) in [6.07, 6.45) is 4.58. The van der Waals surface area contributed by atoms with Crippen LogP contribution in [0.4, 0.5) is 0 Å². The Balaban J connectivity index is 2.02. The van der Waals surface area contributed by atoms with Crippen molar-refractivity contribution in [3.63, 3.8) is 0 Å². The van der Waals surface area contributed by atoms with E-state index in [9.17, 15) is 9.90 Å². The molecule has 2 heterocycles. The summed E-state index contributed by atoms with van der Waals surface area (Å²) >= 11 is 0. The Morgan fingerprint density at radius 2 is 2.33 bits per heavy atom. The van der Waals surface area contributed by atoms with Crippen molar-refractivity contribution < 1.29 is 9.90 Å². The second kappa shape index (κ2) is 5.57. The molecule has 2 saturated heterocycles. The Morgan fingerprint density at radius 1 is 1.56 bits per heavy atom. The summed E-state index contributed by atoms with van der Waals surface area (Å²) < 4.78 is 0. The topological polar surface area (TPSA) is 52.6 Å². The summed E-state index contributed by atoms with van der Waals surface area (Å²) in [7, 11) is 0. The minimum Gasteiger partial charge on any atom is -0.393 e. The van der Waals surface area contributed by atoms with Crippen LogP contribution >= 0.6 is 0 Å². The highest BCUT2D eigenvalue weighted by Crippen LogP contribution is 2.32. The molecule has 3 atom stereocenters. The highest BCUT2D eigenvalue weighted by Gasteiger charge is 2.41. The van der Waals surface area contributed by atoms with Crippen molar-refractivity contribution in [1.29, 1.82) is 0 Å². The summed E-state index contributed by atoms with van der Waals surface area (Å²) in [5.41, 5.74) is -0.237. The fraction of sp³-hybridized carbons (Fsp3) is 0.929. The molecule has 0 saturated carbocycles. The van der Waals surface area contributed by atoms with Crippen LogP contribution < -0.4 is 5.32 Å². The first-order valence-corrected chi connectivity index (χ1v) is 7.23. The number of nitrogens with one attached hydrogen (secondary N) is 1. The number of hydrogen-bond acceptors (Lipinski definition) is 3. The molecule has 0 spiro atoms. The van der Waals surface area contributed by atoms with E-state index in [4.69, 9.17) is 0 Å². The number of amides is 1. The molecule has 2 N–H and O–H groups in total. The van der Waals surface area contributed by atoms with E-state index < -0.39 is 0 Å². The van der Waals surface area contributed by atoms with Crippen molar-refractivity contribution in [1.82, 2.24) is 10.2 Å². The predicted octanol–water partition coefficient (Wildman–Crippen LogP) is 1.14. The third kappa shape index (κ3) is 2.86. The van der Waals surface area contributed by atoms with Gasteiger partial charge in [-0.15, -0.1) is 0 Å². The van der Waals surface area contributed by atoms with Crippen LogP contribution in [-0.2, 0) is 4.79 Å². The number of aliphatic hydroxyl groups excluding tert-OH is 1. The van der Waals surface area contributed by atoms with Crippen molar-refractivity contribution in [3.8, 4) is 0 Å². The zero-order chi connectivity index (χ0) is 13.2. The third-order valence-electron chi connectivity index (χ3n) is 4.36. The first-order chi connectivity index (χ1) is 8.53. The Hall–Kier alpha value is -0.610. The standard InChI is InChI=1S/C14H26N2O2/c1-11(17)9-12-5-3-8-16(12)13(18)14(2)6-4-7-15-10-14/h11-12,15,17H,3-10H2,1-2H3. The number of carbonyl (C=O) groups is 1. The normalized spacial score (nSPS) is 34.6. The van der Waals surface area contributed by atoms with Crippen LogP contribution in [-0.4, -0.2) is 47.7 Å². The van der Waals surface area contributed by atoms with Gasteiger partial charge in [-0.3, -0.25) is 4.79 Å². The Morgan fingerprint density at radius 3 is 2.94 bits per heavy atom. The first kappa shape index (κ1) is 13.8. The van der Waals surface area contributed by atoms with Gasteiger partial charge in [0.05, 0.1) is 11.5 Å². The van der Waals surface area contributed by atoms with E-state index in [0.717, 1.165) is 51.7 Å². The lowest BCUT2D eigenvalue weighted by Crippen LogP contribution is -2.51. The van der Waals surface area contributed by atoms with E-state index in [2.05, 4.69) is 12.2 Å². The molecule has 0 aliphatic carbocycles. The lowest BCUT2D eigenvalue weighted by Gasteiger charge is -2.38. The number of hydrogen-bond donors (Lipinski definition) is 2. The van der Waals surface area contributed by atoms with E-state index in [1.54, 1.807) is 0 Å². The molecule has 2 aliphatic rings. The van der Waals surface area contributed by atoms with E-state index in [1.807, 2.05) is 11.8 Å². The highest BCUT2D eigenvalue weighted by molar-refractivity contribution is 5.83. The molecule has 2 aliphatic heterocycles. The maximum Gasteiger partial charge on any atom is 0.230 e. The van der Waals surface area contributed by atoms with Gasteiger partial charge in [0.25, 0.3) is 0 Å². The fourth-order valence-electron chi connectivity index (χ4n) is 3.33. The maximum absolute atomic E-state index is 12.7. The van der Waals surface area contributed by atoms with Gasteiger partial charge in [0.2, 0.25) is 5.91 Å². The van der Waals surface area contributed by atoms with Crippen LogP contribution in [0.1, 0.15) is 46.0 Å². The van der Waals surface area contributed by atoms with Gasteiger partial charge in [0.15, 0.2) is 0 Å². The number of aliphatic hydroxyl groups is 1. The number of piperidine rings is 1. The zero-order valence-electron chi connectivity index (χ0n) is 11.6. The minimum atomic E-state index is -0.319. The second-order valence-corrected chi connectivity index (χ2v) is 6.22. The van der Waals surface area contributed by atoms with Crippen molar-refractivity contribution in [3.05, 3.63) is 0 Å². The maximum atomic E-state index is 12.7. The van der Waals surface area contributed by atoms with Gasteiger partial charge in [-0.2, -0.15) is 0 Å². The molecule has 0 aromatic heterocycles. The number of rotatable bonds is 3. The van der Waals surface area contributed by atoms with Gasteiger partial charge in [-0.1, -0.05) is 0 Å². The number of carbonyl (C=O) groups excluding carboxylic acids is 1. The van der Waals surface area contributed by atoms with E-state index in [0.29, 0.717) is 0 Å². The molecule has 0 radical (unpaired) electrons. The van der Waals surface area contributed by atoms with Crippen LogP contribution in [0, 0.1) is 5.41 Å². The predicted molar refractivity (Wildman–Crippen MR) is 71.2 cm³/mol. The molecule has 2 fully saturated rings. The summed E-state index contributed by atoms with van der Waals surface area (Å²) in [6.45, 7) is 6.58. The molecule has 0 aromatic rings. The van der Waals surface area contributed by atoms with Gasteiger partial charge in [0.1, 0.15) is 0 Å². The largest absolute Gasteiger partial charge is 0.393 e. The van der Waals surface area contributed by atoms with Crippen LogP contribution in [0.2, 0.25) is 0 Å². The lowest BCUT2D eigenvalue weighted by molar-refractivity contribution is -0.143. The summed E-state index contributed by atoms with van der Waals surface area (Å²) in [5, 5.41) is 12.9. The van der Waals surface area contributed by atoms with Crippen LogP contribution in [0.15, 0.2) is 0 Å². The average Bonchev–Trinajstić information content (AvgIpc) is 2.76. The Bertz CT molecular complexity index is 298. The molecule has 0 bridgehead atoms. The van der Waals surface area contributed by atoms with E-state index in [-0.39, 0.29) is 23.5 Å². The molecular weight excluding hydrogens is 228 g/mol. The Labute approximate surface area is 110 Å². The monoisotopic (exact) mass is 254 g/mol. The molecule has 3 unspecified atom stereocenters. The van der Waals surface area contributed by atoms with Crippen molar-refractivity contribution in [2.24, 2.45) is 5.41 Å². The Kier molecular flexibility index (Phi) is 4.28. The fourth-order valence-corrected chi connectivity index (χ4v) is 3.33. The smallest absolute Gasteiger partial charge is 0.230 e. The molecular formula is C14H26N2O2. The summed E-state index contributed by atoms with van der Waals surface area (Å²) in [6, 6.07) is 0.247. The SMILES string of the molecule is CC(O)CC1CCCN1C(=O)C1(C)CCCNC1. The molecule has 2 rings (SSSR count). The first-order valence-electron chi connectivity index (χ1n) is 7.23. The van der Waals surface area contributed by atoms with Gasteiger partial charge in [-0.05, 0) is 52.5 Å². The van der Waals surface area contributed by atoms with Crippen molar-refractivity contribution in [2.75, 3.05) is 19.6 Å². The van der Waals surface area contributed by atoms with Gasteiger partial charge in [0, 0.05) is 19.1 Å². The van der Waals surface area contributed by atoms with Gasteiger partial charge in [-0.25, -0.2) is 0 Å². The van der Waals surface area contributed by atoms with Crippen LogP contribution in [0.5, 0.6) is 0 Å².